The Kier molecular flexibility index (Phi) is 2.29. The Morgan fingerprint density at radius 1 is 1.55 bits per heavy atom. The molecule has 54 valence electrons. The van der Waals surface area contributed by atoms with Gasteiger partial charge in [-0.25, -0.2) is 0 Å². The Labute approximate surface area is 64.8 Å². The molecule has 11 heavy (non-hydrogen) atoms. The van der Waals surface area contributed by atoms with Crippen LogP contribution in [0.2, 0.25) is 0 Å². The smallest absolute Gasteiger partial charge is 0.150 e. The van der Waals surface area contributed by atoms with E-state index in [9.17, 15) is 4.79 Å². The van der Waals surface area contributed by atoms with Crippen LogP contribution in [0.1, 0.15) is 10.4 Å². The molecule has 1 aromatic carbocycles. The normalized spacial score (nSPS) is 8.27. The van der Waals surface area contributed by atoms with Crippen LogP contribution in [-0.2, 0) is 0 Å². The fourth-order valence-corrected chi connectivity index (χ4v) is 0.719. The quantitative estimate of drug-likeness (QED) is 0.466. The van der Waals surface area contributed by atoms with Crippen LogP contribution >= 0.6 is 0 Å². The van der Waals surface area contributed by atoms with Gasteiger partial charge >= 0.3 is 0 Å². The molecule has 0 N–H and O–H groups in total. The highest BCUT2D eigenvalue weighted by Gasteiger charge is 1.92. The number of carbonyl (C=O) groups is 1. The molecule has 0 bridgehead atoms. The molecular weight excluding hydrogens is 140 g/mol. The lowest BCUT2D eigenvalue weighted by molar-refractivity contribution is 0.112. The Morgan fingerprint density at radius 2 is 2.36 bits per heavy atom. The first-order chi connectivity index (χ1) is 5.36. The number of hydrogen-bond acceptors (Lipinski definition) is 2. The summed E-state index contributed by atoms with van der Waals surface area (Å²) in [5.74, 6) is 0.511. The fourth-order valence-electron chi connectivity index (χ4n) is 0.719. The molecule has 0 aliphatic rings. The van der Waals surface area contributed by atoms with Crippen LogP contribution in [0.3, 0.4) is 0 Å². The minimum atomic E-state index is 0.511. The van der Waals surface area contributed by atoms with Gasteiger partial charge in [-0.3, -0.25) is 4.79 Å². The van der Waals surface area contributed by atoms with Gasteiger partial charge < -0.3 is 4.74 Å². The van der Waals surface area contributed by atoms with Crippen LogP contribution in [0.4, 0.5) is 0 Å². The zero-order valence-electron chi connectivity index (χ0n) is 5.78. The first-order valence-corrected chi connectivity index (χ1v) is 3.04. The second-order valence-electron chi connectivity index (χ2n) is 1.91. The van der Waals surface area contributed by atoms with E-state index >= 15 is 0 Å². The van der Waals surface area contributed by atoms with Crippen LogP contribution in [0.5, 0.6) is 5.75 Å². The summed E-state index contributed by atoms with van der Waals surface area (Å²) in [6, 6.07) is 6.65. The minimum absolute atomic E-state index is 0.511. The molecule has 1 rings (SSSR count). The number of ether oxygens (including phenoxy) is 1. The van der Waals surface area contributed by atoms with Crippen molar-refractivity contribution in [2.45, 2.75) is 0 Å². The van der Waals surface area contributed by atoms with Crippen molar-refractivity contribution in [1.82, 2.24) is 0 Å². The Bertz CT molecular complexity index is 297. The highest BCUT2D eigenvalue weighted by Crippen LogP contribution is 2.10. The number of hydrogen-bond donors (Lipinski definition) is 0. The minimum Gasteiger partial charge on any atom is -0.408 e. The standard InChI is InChI=1S/C9H6O2/c1-2-11-9-5-3-4-8(6-9)7-10/h1,3-7H. The highest BCUT2D eigenvalue weighted by atomic mass is 16.5. The predicted molar refractivity (Wildman–Crippen MR) is 41.3 cm³/mol. The molecule has 0 aliphatic carbocycles. The van der Waals surface area contributed by atoms with Crippen molar-refractivity contribution < 1.29 is 9.53 Å². The monoisotopic (exact) mass is 146 g/mol. The molecule has 0 saturated heterocycles. The summed E-state index contributed by atoms with van der Waals surface area (Å²) in [6.45, 7) is 0. The number of rotatable bonds is 2. The second kappa shape index (κ2) is 3.43. The van der Waals surface area contributed by atoms with Crippen molar-refractivity contribution in [2.75, 3.05) is 0 Å². The molecular formula is C9H6O2. The summed E-state index contributed by atoms with van der Waals surface area (Å²) in [4.78, 5) is 10.3. The molecule has 0 saturated carbocycles. The summed E-state index contributed by atoms with van der Waals surface area (Å²) < 4.78 is 4.72. The van der Waals surface area contributed by atoms with Crippen LogP contribution in [0, 0.1) is 12.5 Å². The third-order valence-electron chi connectivity index (χ3n) is 1.17. The van der Waals surface area contributed by atoms with E-state index in [1.165, 1.54) is 0 Å². The van der Waals surface area contributed by atoms with E-state index in [2.05, 4.69) is 0 Å². The average molecular weight is 146 g/mol. The van der Waals surface area contributed by atoms with Crippen LogP contribution in [0.25, 0.3) is 0 Å². The topological polar surface area (TPSA) is 26.3 Å². The van der Waals surface area contributed by atoms with Gasteiger partial charge in [-0.1, -0.05) is 18.6 Å². The second-order valence-corrected chi connectivity index (χ2v) is 1.91. The Morgan fingerprint density at radius 3 is 3.00 bits per heavy atom. The molecule has 0 atom stereocenters. The highest BCUT2D eigenvalue weighted by molar-refractivity contribution is 5.75. The molecule has 0 fully saturated rings. The van der Waals surface area contributed by atoms with E-state index in [1.54, 1.807) is 24.3 Å². The van der Waals surface area contributed by atoms with E-state index in [4.69, 9.17) is 11.2 Å². The number of benzene rings is 1. The van der Waals surface area contributed by atoms with E-state index < -0.39 is 0 Å². The number of terminal acetylenes is 1. The van der Waals surface area contributed by atoms with Gasteiger partial charge in [0.2, 0.25) is 0 Å². The van der Waals surface area contributed by atoms with Crippen molar-refractivity contribution in [3.63, 3.8) is 0 Å². The predicted octanol–water partition coefficient (Wildman–Crippen LogP) is 1.47. The van der Waals surface area contributed by atoms with Gasteiger partial charge in [0, 0.05) is 5.56 Å². The van der Waals surface area contributed by atoms with Gasteiger partial charge in [0.15, 0.2) is 0 Å². The molecule has 0 amide bonds. The van der Waals surface area contributed by atoms with Crippen LogP contribution < -0.4 is 4.74 Å². The number of aldehydes is 1. The largest absolute Gasteiger partial charge is 0.408 e. The maximum atomic E-state index is 10.3. The molecule has 0 unspecified atom stereocenters. The Balaban J connectivity index is 2.93. The van der Waals surface area contributed by atoms with Gasteiger partial charge in [0.25, 0.3) is 0 Å². The van der Waals surface area contributed by atoms with Gasteiger partial charge in [-0.15, -0.1) is 0 Å². The lowest BCUT2D eigenvalue weighted by atomic mass is 10.2. The van der Waals surface area contributed by atoms with Gasteiger partial charge in [-0.2, -0.15) is 0 Å². The first kappa shape index (κ1) is 7.36. The maximum absolute atomic E-state index is 10.3. The van der Waals surface area contributed by atoms with Crippen molar-refractivity contribution >= 4 is 6.29 Å². The number of carbonyl (C=O) groups excluding carboxylic acids is 1. The summed E-state index contributed by atoms with van der Waals surface area (Å²) in [6.07, 6.45) is 7.65. The fraction of sp³-hybridized carbons (Fsp3) is 0. The summed E-state index contributed by atoms with van der Waals surface area (Å²) in [5.41, 5.74) is 0.553. The SMILES string of the molecule is C#COc1cccc(C=O)c1. The maximum Gasteiger partial charge on any atom is 0.150 e. The lowest BCUT2D eigenvalue weighted by Gasteiger charge is -1.95. The van der Waals surface area contributed by atoms with E-state index in [0.717, 1.165) is 6.29 Å². The van der Waals surface area contributed by atoms with E-state index in [1.807, 2.05) is 6.11 Å². The summed E-state index contributed by atoms with van der Waals surface area (Å²) >= 11 is 0. The average Bonchev–Trinajstić information content (AvgIpc) is 2.06. The molecule has 0 spiro atoms. The van der Waals surface area contributed by atoms with Gasteiger partial charge in [0.05, 0.1) is 0 Å². The van der Waals surface area contributed by atoms with Crippen LogP contribution in [-0.4, -0.2) is 6.29 Å². The van der Waals surface area contributed by atoms with Crippen molar-refractivity contribution in [2.24, 2.45) is 0 Å². The third-order valence-corrected chi connectivity index (χ3v) is 1.17. The summed E-state index contributed by atoms with van der Waals surface area (Å²) in [7, 11) is 0. The third kappa shape index (κ3) is 1.84. The van der Waals surface area contributed by atoms with Gasteiger partial charge in [0.1, 0.15) is 18.1 Å². The van der Waals surface area contributed by atoms with E-state index in [0.29, 0.717) is 11.3 Å². The molecule has 0 aliphatic heterocycles. The van der Waals surface area contributed by atoms with Crippen molar-refractivity contribution in [1.29, 1.82) is 0 Å². The van der Waals surface area contributed by atoms with Crippen molar-refractivity contribution in [3.8, 4) is 18.3 Å². The molecule has 2 nitrogen and oxygen atoms in total. The Hall–Kier alpha value is -1.75. The molecule has 1 aromatic rings. The molecule has 2 heteroatoms. The first-order valence-electron chi connectivity index (χ1n) is 3.04. The van der Waals surface area contributed by atoms with Gasteiger partial charge in [-0.05, 0) is 12.1 Å². The molecule has 0 aromatic heterocycles. The zero-order valence-corrected chi connectivity index (χ0v) is 5.78. The lowest BCUT2D eigenvalue weighted by Crippen LogP contribution is -1.83. The zero-order chi connectivity index (χ0) is 8.10. The van der Waals surface area contributed by atoms with Crippen LogP contribution in [0.15, 0.2) is 24.3 Å². The van der Waals surface area contributed by atoms with E-state index in [-0.39, 0.29) is 0 Å². The van der Waals surface area contributed by atoms with Crippen molar-refractivity contribution in [3.05, 3.63) is 29.8 Å². The molecule has 0 radical (unpaired) electrons. The summed E-state index contributed by atoms with van der Waals surface area (Å²) in [5, 5.41) is 0. The molecule has 0 heterocycles.